The van der Waals surface area contributed by atoms with Gasteiger partial charge in [0, 0.05) is 0 Å². The van der Waals surface area contributed by atoms with E-state index in [1.807, 2.05) is 12.1 Å². The van der Waals surface area contributed by atoms with E-state index in [1.165, 1.54) is 55.4 Å². The molecule has 0 aliphatic rings. The second kappa shape index (κ2) is 13.9. The van der Waals surface area contributed by atoms with E-state index >= 15 is 0 Å². The number of ether oxygens (including phenoxy) is 1. The van der Waals surface area contributed by atoms with Gasteiger partial charge in [0.15, 0.2) is 0 Å². The zero-order valence-corrected chi connectivity index (χ0v) is 25.9. The molecule has 6 nitrogen and oxygen atoms in total. The Bertz CT molecular complexity index is 869. The summed E-state index contributed by atoms with van der Waals surface area (Å²) >= 11 is -2.61. The van der Waals surface area contributed by atoms with E-state index < -0.39 is 52.4 Å². The Morgan fingerprint density at radius 2 is 1.32 bits per heavy atom. The summed E-state index contributed by atoms with van der Waals surface area (Å²) in [5.41, 5.74) is -0.445. The molecule has 8 heteroatoms. The van der Waals surface area contributed by atoms with Crippen molar-refractivity contribution in [3.8, 4) is 0 Å². The van der Waals surface area contributed by atoms with Gasteiger partial charge in [0.2, 0.25) is 0 Å². The number of hydrogen-bond acceptors (Lipinski definition) is 5. The molecule has 0 N–H and O–H groups in total. The number of Topliss-reactive ketones (excluding diaryl/α,β-unsaturated/α-hetero) is 1. The summed E-state index contributed by atoms with van der Waals surface area (Å²) in [6.07, 6.45) is 7.22. The van der Waals surface area contributed by atoms with Gasteiger partial charge in [-0.25, -0.2) is 0 Å². The molecule has 0 aromatic heterocycles. The summed E-state index contributed by atoms with van der Waals surface area (Å²) in [7, 11) is -3.95. The number of hydrogen-bond donors (Lipinski definition) is 0. The summed E-state index contributed by atoms with van der Waals surface area (Å²) in [4.78, 5) is 25.4. The zero-order valence-electron chi connectivity index (χ0n) is 22.3. The molecule has 0 spiro atoms. The van der Waals surface area contributed by atoms with Crippen LogP contribution in [0.4, 0.5) is 4.79 Å². The Morgan fingerprint density at radius 3 is 1.68 bits per heavy atom. The van der Waals surface area contributed by atoms with Crippen molar-refractivity contribution >= 4 is 43.9 Å². The summed E-state index contributed by atoms with van der Waals surface area (Å²) in [5, 5.41) is 0. The van der Waals surface area contributed by atoms with E-state index in [4.69, 9.17) is 4.74 Å². The molecule has 1 aromatic carbocycles. The van der Waals surface area contributed by atoms with Gasteiger partial charge in [0.05, 0.1) is 0 Å². The molecule has 0 fully saturated rings. The molecule has 0 aliphatic carbocycles. The van der Waals surface area contributed by atoms with Gasteiger partial charge >= 0.3 is 213 Å². The van der Waals surface area contributed by atoms with E-state index in [0.717, 1.165) is 6.26 Å². The van der Waals surface area contributed by atoms with Gasteiger partial charge in [-0.1, -0.05) is 0 Å². The van der Waals surface area contributed by atoms with Crippen LogP contribution in [0.15, 0.2) is 24.3 Å². The Labute approximate surface area is 211 Å². The first-order valence-electron chi connectivity index (χ1n) is 12.6. The molecule has 34 heavy (non-hydrogen) atoms. The number of nitrogens with zero attached hydrogens (tertiary/aromatic N) is 1. The van der Waals surface area contributed by atoms with Crippen LogP contribution in [0.3, 0.4) is 0 Å². The van der Waals surface area contributed by atoms with Crippen LogP contribution in [-0.4, -0.2) is 61.4 Å². The number of carbonyl (C=O) groups excluding carboxylic acids is 2. The summed E-state index contributed by atoms with van der Waals surface area (Å²) < 4.78 is 35.6. The minimum atomic E-state index is -3.95. The van der Waals surface area contributed by atoms with Crippen molar-refractivity contribution in [3.63, 3.8) is 0 Å². The molecule has 1 amide bonds. The maximum atomic E-state index is 13.0. The Balaban J connectivity index is 3.20. The number of ketones is 1. The van der Waals surface area contributed by atoms with Crippen LogP contribution < -0.4 is 3.58 Å². The second-order valence-electron chi connectivity index (χ2n) is 10.3. The van der Waals surface area contributed by atoms with E-state index in [9.17, 15) is 18.0 Å². The third kappa shape index (κ3) is 9.88. The van der Waals surface area contributed by atoms with Crippen molar-refractivity contribution in [3.05, 3.63) is 29.8 Å². The molecule has 1 rings (SSSR count). The molecule has 1 aromatic rings. The third-order valence-electron chi connectivity index (χ3n) is 6.13. The molecule has 0 radical (unpaired) electrons. The van der Waals surface area contributed by atoms with Crippen LogP contribution in [0, 0.1) is 0 Å². The van der Waals surface area contributed by atoms with Crippen molar-refractivity contribution < 1.29 is 22.7 Å². The third-order valence-corrected chi connectivity index (χ3v) is 22.9. The number of benzene rings is 1. The van der Waals surface area contributed by atoms with Gasteiger partial charge < -0.3 is 0 Å². The first kappa shape index (κ1) is 30.9. The zero-order chi connectivity index (χ0) is 26.0. The van der Waals surface area contributed by atoms with Crippen molar-refractivity contribution in [1.29, 1.82) is 0 Å². The fraction of sp³-hybridized carbons (Fsp3) is 0.692. The molecule has 0 bridgehead atoms. The van der Waals surface area contributed by atoms with E-state index in [-0.39, 0.29) is 0 Å². The fourth-order valence-corrected chi connectivity index (χ4v) is 20.8. The summed E-state index contributed by atoms with van der Waals surface area (Å²) in [6.45, 7) is 11.1. The van der Waals surface area contributed by atoms with Crippen molar-refractivity contribution in [2.45, 2.75) is 99.0 Å². The standard InChI is InChI=1S/C14H18NO5S.3C4H9.Sn/c1-14(2,3)20-13(17)15(21(4,18)19)10-12(16)11-8-6-5-7-9-11;3*1-3-4-2;/h6-9H,10H2,1-4H3;3*1,3-4H2,2H3;. The maximum absolute atomic E-state index is 13.0. The van der Waals surface area contributed by atoms with Gasteiger partial charge in [-0.05, 0) is 0 Å². The van der Waals surface area contributed by atoms with Crippen LogP contribution in [0.2, 0.25) is 13.3 Å². The van der Waals surface area contributed by atoms with E-state index in [0.29, 0.717) is 9.87 Å². The van der Waals surface area contributed by atoms with Crippen molar-refractivity contribution in [2.75, 3.05) is 12.8 Å². The average Bonchev–Trinajstić information content (AvgIpc) is 2.75. The normalized spacial score (nSPS) is 12.4. The first-order valence-corrected chi connectivity index (χ1v) is 22.0. The van der Waals surface area contributed by atoms with Gasteiger partial charge in [0.25, 0.3) is 0 Å². The predicted octanol–water partition coefficient (Wildman–Crippen LogP) is 6.12. The monoisotopic (exact) mass is 603 g/mol. The van der Waals surface area contributed by atoms with Gasteiger partial charge in [-0.2, -0.15) is 0 Å². The van der Waals surface area contributed by atoms with Gasteiger partial charge in [-0.3, -0.25) is 0 Å². The fourth-order valence-electron chi connectivity index (χ4n) is 4.21. The molecule has 194 valence electrons. The topological polar surface area (TPSA) is 80.8 Å². The minimum absolute atomic E-state index is 0.417. The van der Waals surface area contributed by atoms with Crippen LogP contribution in [0.25, 0.3) is 0 Å². The van der Waals surface area contributed by atoms with Crippen molar-refractivity contribution in [2.24, 2.45) is 0 Å². The predicted molar refractivity (Wildman–Crippen MR) is 143 cm³/mol. The Kier molecular flexibility index (Phi) is 12.6. The van der Waals surface area contributed by atoms with E-state index in [1.54, 1.807) is 20.8 Å². The molecular weight excluding hydrogens is 557 g/mol. The molecular formula is C26H45NO5SSn. The number of carbonyl (C=O) groups is 2. The summed E-state index contributed by atoms with van der Waals surface area (Å²) in [6, 6.07) is 7.87. The summed E-state index contributed by atoms with van der Waals surface area (Å²) in [5.74, 6) is -0.417. The molecule has 0 heterocycles. The number of unbranched alkanes of at least 4 members (excludes halogenated alkanes) is 3. The van der Waals surface area contributed by atoms with Crippen LogP contribution >= 0.6 is 0 Å². The number of amides is 1. The van der Waals surface area contributed by atoms with Crippen molar-refractivity contribution in [1.82, 2.24) is 4.31 Å². The first-order chi connectivity index (χ1) is 15.8. The average molecular weight is 602 g/mol. The molecule has 0 saturated carbocycles. The molecule has 0 unspecified atom stereocenters. The molecule has 0 saturated heterocycles. The number of sulfonamides is 1. The Hall–Kier alpha value is -1.09. The van der Waals surface area contributed by atoms with Crippen LogP contribution in [-0.2, 0) is 14.8 Å². The quantitative estimate of drug-likeness (QED) is 0.189. The Morgan fingerprint density at radius 1 is 0.882 bits per heavy atom. The molecule has 0 aliphatic heterocycles. The van der Waals surface area contributed by atoms with E-state index in [2.05, 4.69) is 32.9 Å². The second-order valence-corrected chi connectivity index (χ2v) is 25.5. The van der Waals surface area contributed by atoms with Gasteiger partial charge in [0.1, 0.15) is 0 Å². The van der Waals surface area contributed by atoms with Crippen LogP contribution in [0.5, 0.6) is 0 Å². The van der Waals surface area contributed by atoms with Crippen LogP contribution in [0.1, 0.15) is 90.4 Å². The number of rotatable bonds is 14. The van der Waals surface area contributed by atoms with Gasteiger partial charge in [-0.15, -0.1) is 0 Å². The molecule has 0 atom stereocenters. The SMILES string of the molecule is CCC[CH2][Sn]([CH2]CCC)([CH2]CCC)[c]1ccc(C(=O)CN(C(=O)OC(C)(C)C)S(C)(=O)=O)cc1.